The molecule has 2 aromatic rings. The highest BCUT2D eigenvalue weighted by molar-refractivity contribution is 8.00. The Morgan fingerprint density at radius 1 is 1.55 bits per heavy atom. The Labute approximate surface area is 138 Å². The molecule has 1 atom stereocenters. The Morgan fingerprint density at radius 3 is 3.00 bits per heavy atom. The summed E-state index contributed by atoms with van der Waals surface area (Å²) in [7, 11) is 0. The number of carbonyl (C=O) groups excluding carboxylic acids is 1. The molecule has 1 aliphatic carbocycles. The fourth-order valence-electron chi connectivity index (χ4n) is 2.27. The molecule has 2 heterocycles. The number of carbonyl (C=O) groups is 1. The molecule has 2 aromatic heterocycles. The molecule has 0 saturated heterocycles. The molecule has 22 heavy (non-hydrogen) atoms. The second-order valence-electron chi connectivity index (χ2n) is 5.42. The van der Waals surface area contributed by atoms with Crippen molar-refractivity contribution in [2.75, 3.05) is 0 Å². The maximum atomic E-state index is 12.2. The monoisotopic (exact) mass is 336 g/mol. The highest BCUT2D eigenvalue weighted by Gasteiger charge is 2.30. The number of hydrogen-bond donors (Lipinski definition) is 1. The molecule has 0 aliphatic heterocycles. The van der Waals surface area contributed by atoms with Crippen LogP contribution in [0.5, 0.6) is 0 Å². The van der Waals surface area contributed by atoms with E-state index in [0.717, 1.165) is 17.5 Å². The number of thiophene rings is 1. The largest absolute Gasteiger partial charge is 0.350 e. The van der Waals surface area contributed by atoms with Crippen LogP contribution in [0.2, 0.25) is 0 Å². The Bertz CT molecular complexity index is 634. The number of aromatic nitrogens is 3. The fraction of sp³-hybridized carbons (Fsp3) is 0.533. The van der Waals surface area contributed by atoms with Gasteiger partial charge in [-0.2, -0.15) is 0 Å². The predicted molar refractivity (Wildman–Crippen MR) is 89.2 cm³/mol. The molecular weight excluding hydrogens is 316 g/mol. The van der Waals surface area contributed by atoms with Gasteiger partial charge in [-0.05, 0) is 38.1 Å². The van der Waals surface area contributed by atoms with Gasteiger partial charge in [-0.3, -0.25) is 4.79 Å². The summed E-state index contributed by atoms with van der Waals surface area (Å²) in [5.74, 6) is 1.69. The summed E-state index contributed by atoms with van der Waals surface area (Å²) in [6, 6.07) is 4.02. The number of rotatable bonds is 7. The zero-order valence-corrected chi connectivity index (χ0v) is 14.4. The van der Waals surface area contributed by atoms with Crippen LogP contribution in [-0.2, 0) is 17.9 Å². The first-order chi connectivity index (χ1) is 10.7. The molecule has 3 rings (SSSR count). The van der Waals surface area contributed by atoms with Crippen LogP contribution in [0.15, 0.2) is 22.7 Å². The molecule has 0 aromatic carbocycles. The van der Waals surface area contributed by atoms with Gasteiger partial charge in [0.05, 0.1) is 11.8 Å². The van der Waals surface area contributed by atoms with Gasteiger partial charge < -0.3 is 9.88 Å². The van der Waals surface area contributed by atoms with E-state index in [0.29, 0.717) is 12.5 Å². The van der Waals surface area contributed by atoms with Crippen LogP contribution in [-0.4, -0.2) is 25.9 Å². The summed E-state index contributed by atoms with van der Waals surface area (Å²) in [5.41, 5.74) is 0. The van der Waals surface area contributed by atoms with Crippen LogP contribution < -0.4 is 5.32 Å². The lowest BCUT2D eigenvalue weighted by Crippen LogP contribution is -2.30. The van der Waals surface area contributed by atoms with E-state index in [1.807, 2.05) is 24.4 Å². The minimum Gasteiger partial charge on any atom is -0.350 e. The van der Waals surface area contributed by atoms with Gasteiger partial charge in [0, 0.05) is 17.3 Å². The standard InChI is InChI=1S/C15H20N4OS2/c1-3-19-13(11-6-7-11)17-18-15(19)22-10(2)14(20)16-9-12-5-4-8-21-12/h4-5,8,10-11H,3,6-7,9H2,1-2H3,(H,16,20)/t10-/m0/s1. The van der Waals surface area contributed by atoms with Gasteiger partial charge in [0.15, 0.2) is 5.16 Å². The zero-order chi connectivity index (χ0) is 15.5. The van der Waals surface area contributed by atoms with Crippen molar-refractivity contribution in [1.29, 1.82) is 0 Å². The van der Waals surface area contributed by atoms with Crippen LogP contribution >= 0.6 is 23.1 Å². The van der Waals surface area contributed by atoms with E-state index in [1.54, 1.807) is 11.3 Å². The zero-order valence-electron chi connectivity index (χ0n) is 12.8. The van der Waals surface area contributed by atoms with Crippen LogP contribution in [0.4, 0.5) is 0 Å². The van der Waals surface area contributed by atoms with Crippen LogP contribution in [0.1, 0.15) is 43.3 Å². The number of thioether (sulfide) groups is 1. The van der Waals surface area contributed by atoms with Crippen LogP contribution in [0.3, 0.4) is 0 Å². The summed E-state index contributed by atoms with van der Waals surface area (Å²) < 4.78 is 2.14. The molecule has 1 fully saturated rings. The topological polar surface area (TPSA) is 59.8 Å². The summed E-state index contributed by atoms with van der Waals surface area (Å²) in [5, 5.41) is 14.3. The molecule has 118 valence electrons. The SMILES string of the molecule is CCn1c(S[C@@H](C)C(=O)NCc2cccs2)nnc1C1CC1. The van der Waals surface area contributed by atoms with Gasteiger partial charge in [0.25, 0.3) is 0 Å². The van der Waals surface area contributed by atoms with E-state index >= 15 is 0 Å². The van der Waals surface area contributed by atoms with E-state index in [1.165, 1.54) is 29.5 Å². The third-order valence-electron chi connectivity index (χ3n) is 3.67. The van der Waals surface area contributed by atoms with Crippen molar-refractivity contribution in [3.8, 4) is 0 Å². The van der Waals surface area contributed by atoms with Crippen LogP contribution in [0.25, 0.3) is 0 Å². The molecule has 1 N–H and O–H groups in total. The van der Waals surface area contributed by atoms with E-state index in [9.17, 15) is 4.79 Å². The van der Waals surface area contributed by atoms with E-state index in [4.69, 9.17) is 0 Å². The second-order valence-corrected chi connectivity index (χ2v) is 7.76. The molecule has 0 spiro atoms. The molecule has 5 nitrogen and oxygen atoms in total. The normalized spacial score (nSPS) is 15.7. The van der Waals surface area contributed by atoms with Crippen molar-refractivity contribution in [2.24, 2.45) is 0 Å². The molecule has 0 radical (unpaired) electrons. The van der Waals surface area contributed by atoms with Gasteiger partial charge in [-0.25, -0.2) is 0 Å². The average molecular weight is 336 g/mol. The molecule has 0 bridgehead atoms. The van der Waals surface area contributed by atoms with Crippen molar-refractivity contribution in [1.82, 2.24) is 20.1 Å². The number of nitrogens with one attached hydrogen (secondary N) is 1. The van der Waals surface area contributed by atoms with Gasteiger partial charge in [-0.1, -0.05) is 17.8 Å². The minimum absolute atomic E-state index is 0.0389. The summed E-state index contributed by atoms with van der Waals surface area (Å²) in [4.78, 5) is 13.4. The fourth-order valence-corrected chi connectivity index (χ4v) is 3.86. The molecule has 1 amide bonds. The third-order valence-corrected chi connectivity index (χ3v) is 5.63. The molecule has 0 unspecified atom stereocenters. The molecule has 1 saturated carbocycles. The lowest BCUT2D eigenvalue weighted by atomic mass is 10.4. The first kappa shape index (κ1) is 15.6. The average Bonchev–Trinajstić information content (AvgIpc) is 3.08. The smallest absolute Gasteiger partial charge is 0.233 e. The lowest BCUT2D eigenvalue weighted by Gasteiger charge is -2.12. The Kier molecular flexibility index (Phi) is 4.83. The highest BCUT2D eigenvalue weighted by atomic mass is 32.2. The third kappa shape index (κ3) is 3.52. The molecule has 7 heteroatoms. The quantitative estimate of drug-likeness (QED) is 0.790. The first-order valence-corrected chi connectivity index (χ1v) is 9.34. The Morgan fingerprint density at radius 2 is 2.36 bits per heavy atom. The predicted octanol–water partition coefficient (Wildman–Crippen LogP) is 3.03. The first-order valence-electron chi connectivity index (χ1n) is 7.59. The van der Waals surface area contributed by atoms with Crippen molar-refractivity contribution in [3.05, 3.63) is 28.2 Å². The van der Waals surface area contributed by atoms with Crippen molar-refractivity contribution < 1.29 is 4.79 Å². The van der Waals surface area contributed by atoms with Gasteiger partial charge in [0.2, 0.25) is 5.91 Å². The number of amides is 1. The van der Waals surface area contributed by atoms with Crippen LogP contribution in [0, 0.1) is 0 Å². The van der Waals surface area contributed by atoms with Crippen molar-refractivity contribution in [3.63, 3.8) is 0 Å². The Hall–Kier alpha value is -1.34. The van der Waals surface area contributed by atoms with Gasteiger partial charge in [0.1, 0.15) is 5.82 Å². The van der Waals surface area contributed by atoms with E-state index in [-0.39, 0.29) is 11.2 Å². The van der Waals surface area contributed by atoms with E-state index < -0.39 is 0 Å². The number of hydrogen-bond acceptors (Lipinski definition) is 5. The maximum absolute atomic E-state index is 12.2. The van der Waals surface area contributed by atoms with Crippen molar-refractivity contribution in [2.45, 2.75) is 56.1 Å². The Balaban J connectivity index is 1.58. The highest BCUT2D eigenvalue weighted by Crippen LogP contribution is 2.40. The second kappa shape index (κ2) is 6.83. The van der Waals surface area contributed by atoms with E-state index in [2.05, 4.69) is 27.0 Å². The van der Waals surface area contributed by atoms with Crippen molar-refractivity contribution >= 4 is 29.0 Å². The van der Waals surface area contributed by atoms with Gasteiger partial charge in [-0.15, -0.1) is 21.5 Å². The minimum atomic E-state index is -0.179. The molecule has 1 aliphatic rings. The van der Waals surface area contributed by atoms with Gasteiger partial charge >= 0.3 is 0 Å². The summed E-state index contributed by atoms with van der Waals surface area (Å²) in [6.07, 6.45) is 2.42. The lowest BCUT2D eigenvalue weighted by molar-refractivity contribution is -0.120. The summed E-state index contributed by atoms with van der Waals surface area (Å²) >= 11 is 3.14. The number of nitrogens with zero attached hydrogens (tertiary/aromatic N) is 3. The molecular formula is C15H20N4OS2. The summed E-state index contributed by atoms with van der Waals surface area (Å²) in [6.45, 7) is 5.46. The maximum Gasteiger partial charge on any atom is 0.233 e.